The minimum absolute atomic E-state index is 0.299. The van der Waals surface area contributed by atoms with E-state index in [1.165, 1.54) is 13.2 Å². The van der Waals surface area contributed by atoms with Crippen molar-refractivity contribution in [2.24, 2.45) is 0 Å². The molecule has 1 aromatic carbocycles. The molecule has 20 heavy (non-hydrogen) atoms. The van der Waals surface area contributed by atoms with Crippen LogP contribution in [0.25, 0.3) is 0 Å². The van der Waals surface area contributed by atoms with Crippen LogP contribution < -0.4 is 0 Å². The number of esters is 2. The van der Waals surface area contributed by atoms with Crippen LogP contribution in [0.1, 0.15) is 55.3 Å². The van der Waals surface area contributed by atoms with Crippen LogP contribution in [0, 0.1) is 0 Å². The van der Waals surface area contributed by atoms with Crippen molar-refractivity contribution in [3.05, 3.63) is 33.8 Å². The number of carbonyl (C=O) groups excluding carboxylic acids is 2. The molecular weight excluding hydrogens is 324 g/mol. The van der Waals surface area contributed by atoms with Gasteiger partial charge in [0, 0.05) is 4.47 Å². The quantitative estimate of drug-likeness (QED) is 0.753. The molecule has 0 aliphatic heterocycles. The Morgan fingerprint density at radius 1 is 1.00 bits per heavy atom. The van der Waals surface area contributed by atoms with Gasteiger partial charge in [-0.25, -0.2) is 9.59 Å². The number of hydrogen-bond donors (Lipinski definition) is 0. The average molecular weight is 345 g/mol. The van der Waals surface area contributed by atoms with Crippen molar-refractivity contribution in [1.82, 2.24) is 0 Å². The van der Waals surface area contributed by atoms with Crippen LogP contribution >= 0.6 is 15.9 Å². The molecular formula is C15H21BrO4. The van der Waals surface area contributed by atoms with Gasteiger partial charge in [0.05, 0.1) is 18.2 Å². The number of methoxy groups -OCH3 is 1. The Kier molecular flexibility index (Phi) is 7.50. The summed E-state index contributed by atoms with van der Waals surface area (Å²) in [4.78, 5) is 23.3. The van der Waals surface area contributed by atoms with E-state index in [-0.39, 0.29) is 0 Å². The summed E-state index contributed by atoms with van der Waals surface area (Å²) >= 11 is 3.24. The Balaban J connectivity index is 0.00000172. The largest absolute Gasteiger partial charge is 0.465 e. The molecule has 0 spiro atoms. The predicted molar refractivity (Wildman–Crippen MR) is 82.0 cm³/mol. The van der Waals surface area contributed by atoms with Crippen LogP contribution in [0.2, 0.25) is 0 Å². The monoisotopic (exact) mass is 344 g/mol. The first-order valence-corrected chi connectivity index (χ1v) is 7.14. The van der Waals surface area contributed by atoms with Crippen molar-refractivity contribution in [3.63, 3.8) is 0 Å². The first kappa shape index (κ1) is 18.6. The molecule has 0 saturated heterocycles. The number of hydrogen-bond acceptors (Lipinski definition) is 4. The van der Waals surface area contributed by atoms with E-state index in [4.69, 9.17) is 4.74 Å². The highest BCUT2D eigenvalue weighted by atomic mass is 79.9. The summed E-state index contributed by atoms with van der Waals surface area (Å²) in [6, 6.07) is 4.63. The van der Waals surface area contributed by atoms with E-state index in [0.717, 1.165) is 0 Å². The molecule has 4 nitrogen and oxygen atoms in total. The van der Waals surface area contributed by atoms with Gasteiger partial charge in [-0.1, -0.05) is 29.8 Å². The zero-order valence-corrected chi connectivity index (χ0v) is 14.3. The molecule has 5 heteroatoms. The Hall–Kier alpha value is -1.36. The minimum Gasteiger partial charge on any atom is -0.465 e. The van der Waals surface area contributed by atoms with Gasteiger partial charge < -0.3 is 9.47 Å². The molecule has 0 aliphatic carbocycles. The number of carbonyl (C=O) groups is 2. The Bertz CT molecular complexity index is 475. The lowest BCUT2D eigenvalue weighted by atomic mass is 10.1. The summed E-state index contributed by atoms with van der Waals surface area (Å²) in [6.07, 6.45) is 0. The van der Waals surface area contributed by atoms with Crippen LogP contribution in [0.5, 0.6) is 0 Å². The molecule has 0 bridgehead atoms. The molecule has 0 heterocycles. The molecule has 0 amide bonds. The minimum atomic E-state index is -0.579. The fraction of sp³-hybridized carbons (Fsp3) is 0.467. The normalized spacial score (nSPS) is 10.2. The first-order chi connectivity index (χ1) is 9.23. The molecule has 1 rings (SSSR count). The lowest BCUT2D eigenvalue weighted by Crippen LogP contribution is -2.24. The highest BCUT2D eigenvalue weighted by Crippen LogP contribution is 2.19. The van der Waals surface area contributed by atoms with Gasteiger partial charge in [-0.15, -0.1) is 0 Å². The molecule has 0 unspecified atom stereocenters. The lowest BCUT2D eigenvalue weighted by Gasteiger charge is -2.19. The van der Waals surface area contributed by atoms with Crippen molar-refractivity contribution >= 4 is 27.9 Å². The Labute approximate surface area is 128 Å². The van der Waals surface area contributed by atoms with Gasteiger partial charge in [0.1, 0.15) is 5.60 Å². The van der Waals surface area contributed by atoms with E-state index in [9.17, 15) is 9.59 Å². The Morgan fingerprint density at radius 3 is 1.85 bits per heavy atom. The smallest absolute Gasteiger partial charge is 0.338 e. The second kappa shape index (κ2) is 8.04. The summed E-state index contributed by atoms with van der Waals surface area (Å²) in [7, 11) is 1.29. The van der Waals surface area contributed by atoms with Gasteiger partial charge in [-0.3, -0.25) is 0 Å². The van der Waals surface area contributed by atoms with Gasteiger partial charge in [-0.05, 0) is 39.0 Å². The van der Waals surface area contributed by atoms with E-state index in [1.807, 2.05) is 13.8 Å². The molecule has 0 fully saturated rings. The van der Waals surface area contributed by atoms with Crippen LogP contribution in [0.15, 0.2) is 22.7 Å². The number of benzene rings is 1. The number of ether oxygens (including phenoxy) is 2. The fourth-order valence-corrected chi connectivity index (χ4v) is 1.77. The highest BCUT2D eigenvalue weighted by Gasteiger charge is 2.19. The fourth-order valence-electron chi connectivity index (χ4n) is 1.28. The van der Waals surface area contributed by atoms with E-state index in [0.29, 0.717) is 15.6 Å². The molecule has 0 aromatic heterocycles. The van der Waals surface area contributed by atoms with Crippen molar-refractivity contribution in [2.75, 3.05) is 7.11 Å². The summed E-state index contributed by atoms with van der Waals surface area (Å²) in [5.41, 5.74) is 0.0256. The average Bonchev–Trinajstić information content (AvgIpc) is 2.37. The van der Waals surface area contributed by atoms with Crippen LogP contribution in [0.3, 0.4) is 0 Å². The van der Waals surface area contributed by atoms with Crippen molar-refractivity contribution in [1.29, 1.82) is 0 Å². The van der Waals surface area contributed by atoms with E-state index in [1.54, 1.807) is 32.9 Å². The van der Waals surface area contributed by atoms with Crippen LogP contribution in [-0.2, 0) is 9.47 Å². The third kappa shape index (κ3) is 6.19. The zero-order chi connectivity index (χ0) is 15.9. The van der Waals surface area contributed by atoms with Crippen LogP contribution in [-0.4, -0.2) is 24.6 Å². The van der Waals surface area contributed by atoms with Crippen molar-refractivity contribution < 1.29 is 19.1 Å². The molecule has 0 N–H and O–H groups in total. The molecule has 0 saturated carbocycles. The maximum atomic E-state index is 11.9. The second-order valence-corrected chi connectivity index (χ2v) is 5.64. The van der Waals surface area contributed by atoms with E-state index >= 15 is 0 Å². The topological polar surface area (TPSA) is 52.6 Å². The maximum Gasteiger partial charge on any atom is 0.338 e. The lowest BCUT2D eigenvalue weighted by molar-refractivity contribution is 0.00694. The SMILES string of the molecule is CC.COC(=O)c1cc(Br)cc(C(=O)OC(C)(C)C)c1. The summed E-state index contributed by atoms with van der Waals surface area (Å²) in [6.45, 7) is 9.35. The summed E-state index contributed by atoms with van der Waals surface area (Å²) in [5, 5.41) is 0. The predicted octanol–water partition coefficient (Wildman–Crippen LogP) is 4.22. The molecule has 1 aromatic rings. The molecule has 112 valence electrons. The number of rotatable bonds is 2. The van der Waals surface area contributed by atoms with Crippen molar-refractivity contribution in [3.8, 4) is 0 Å². The third-order valence-electron chi connectivity index (χ3n) is 1.95. The maximum absolute atomic E-state index is 11.9. The van der Waals surface area contributed by atoms with Gasteiger partial charge in [0.25, 0.3) is 0 Å². The summed E-state index contributed by atoms with van der Waals surface area (Å²) < 4.78 is 10.5. The second-order valence-electron chi connectivity index (χ2n) is 4.72. The zero-order valence-electron chi connectivity index (χ0n) is 12.7. The third-order valence-corrected chi connectivity index (χ3v) is 2.41. The standard InChI is InChI=1S/C13H15BrO4.C2H6/c1-13(2,3)18-12(16)9-5-8(11(15)17-4)6-10(14)7-9;1-2/h5-7H,1-4H3;1-2H3. The molecule has 0 aliphatic rings. The van der Waals surface area contributed by atoms with Gasteiger partial charge in [-0.2, -0.15) is 0 Å². The first-order valence-electron chi connectivity index (χ1n) is 6.35. The van der Waals surface area contributed by atoms with Gasteiger partial charge in [0.15, 0.2) is 0 Å². The highest BCUT2D eigenvalue weighted by molar-refractivity contribution is 9.10. The summed E-state index contributed by atoms with van der Waals surface area (Å²) in [5.74, 6) is -0.977. The molecule has 0 radical (unpaired) electrons. The van der Waals surface area contributed by atoms with Gasteiger partial charge >= 0.3 is 11.9 Å². The number of halogens is 1. The molecule has 0 atom stereocenters. The van der Waals surface area contributed by atoms with Crippen molar-refractivity contribution in [2.45, 2.75) is 40.2 Å². The van der Waals surface area contributed by atoms with Crippen LogP contribution in [0.4, 0.5) is 0 Å². The van der Waals surface area contributed by atoms with Gasteiger partial charge in [0.2, 0.25) is 0 Å². The van der Waals surface area contributed by atoms with E-state index in [2.05, 4.69) is 20.7 Å². The van der Waals surface area contributed by atoms with E-state index < -0.39 is 17.5 Å². The Morgan fingerprint density at radius 2 is 1.45 bits per heavy atom.